The minimum atomic E-state index is -0.490. The fourth-order valence-electron chi connectivity index (χ4n) is 3.20. The maximum absolute atomic E-state index is 13.0. The number of para-hydroxylation sites is 1. The number of ether oxygens (including phenoxy) is 1. The monoisotopic (exact) mass is 447 g/mol. The minimum Gasteiger partial charge on any atom is -0.488 e. The fraction of sp³-hybridized carbons (Fsp3) is 0.0833. The van der Waals surface area contributed by atoms with E-state index in [0.717, 1.165) is 11.1 Å². The van der Waals surface area contributed by atoms with E-state index in [4.69, 9.17) is 16.3 Å². The van der Waals surface area contributed by atoms with Gasteiger partial charge in [0.1, 0.15) is 12.4 Å². The molecule has 0 saturated heterocycles. The van der Waals surface area contributed by atoms with Crippen molar-refractivity contribution in [1.82, 2.24) is 0 Å². The SMILES string of the molecule is CC1=NN(c2ccc([N+](=O)[O-])cc2)C(=O)/C1=C/c1ccccc1OCc1ccc(Cl)cc1. The molecular formula is C24H18ClN3O4. The van der Waals surface area contributed by atoms with Gasteiger partial charge in [0.2, 0.25) is 0 Å². The fourth-order valence-corrected chi connectivity index (χ4v) is 3.33. The first kappa shape index (κ1) is 21.3. The van der Waals surface area contributed by atoms with Crippen LogP contribution < -0.4 is 9.75 Å². The lowest BCUT2D eigenvalue weighted by Gasteiger charge is -2.12. The van der Waals surface area contributed by atoms with Gasteiger partial charge in [-0.05, 0) is 48.9 Å². The highest BCUT2D eigenvalue weighted by Crippen LogP contribution is 2.29. The quantitative estimate of drug-likeness (QED) is 0.278. The lowest BCUT2D eigenvalue weighted by molar-refractivity contribution is -0.384. The van der Waals surface area contributed by atoms with Gasteiger partial charge < -0.3 is 4.74 Å². The highest BCUT2D eigenvalue weighted by Gasteiger charge is 2.29. The average molecular weight is 448 g/mol. The summed E-state index contributed by atoms with van der Waals surface area (Å²) in [5.74, 6) is 0.313. The third-order valence-electron chi connectivity index (χ3n) is 4.89. The number of hydrogen-bond donors (Lipinski definition) is 0. The number of halogens is 1. The number of nitro groups is 1. The van der Waals surface area contributed by atoms with Crippen LogP contribution >= 0.6 is 11.6 Å². The second kappa shape index (κ2) is 9.03. The standard InChI is InChI=1S/C24H18ClN3O4/c1-16-22(24(29)27(26-16)20-10-12-21(13-11-20)28(30)31)14-18-4-2-3-5-23(18)32-15-17-6-8-19(25)9-7-17/h2-14H,15H2,1H3/b22-14+. The second-order valence-electron chi connectivity index (χ2n) is 7.09. The molecule has 0 saturated carbocycles. The Morgan fingerprint density at radius 3 is 2.44 bits per heavy atom. The number of nitro benzene ring substituents is 1. The molecule has 0 bridgehead atoms. The van der Waals surface area contributed by atoms with Crippen LogP contribution in [0.15, 0.2) is 83.5 Å². The van der Waals surface area contributed by atoms with Crippen LogP contribution in [0.3, 0.4) is 0 Å². The van der Waals surface area contributed by atoms with Crippen molar-refractivity contribution >= 4 is 40.7 Å². The summed E-state index contributed by atoms with van der Waals surface area (Å²) in [4.78, 5) is 23.4. The number of non-ortho nitro benzene ring substituents is 1. The predicted molar refractivity (Wildman–Crippen MR) is 124 cm³/mol. The zero-order valence-corrected chi connectivity index (χ0v) is 17.8. The summed E-state index contributed by atoms with van der Waals surface area (Å²) in [6.45, 7) is 2.10. The van der Waals surface area contributed by atoms with Crippen molar-refractivity contribution < 1.29 is 14.5 Å². The van der Waals surface area contributed by atoms with Crippen LogP contribution in [-0.2, 0) is 11.4 Å². The number of carbonyl (C=O) groups excluding carboxylic acids is 1. The Labute approximate surface area is 189 Å². The van der Waals surface area contributed by atoms with Gasteiger partial charge in [0.05, 0.1) is 21.9 Å². The predicted octanol–water partition coefficient (Wildman–Crippen LogP) is 5.63. The lowest BCUT2D eigenvalue weighted by Crippen LogP contribution is -2.21. The van der Waals surface area contributed by atoms with Crippen molar-refractivity contribution in [2.75, 3.05) is 5.01 Å². The van der Waals surface area contributed by atoms with Crippen LogP contribution in [0, 0.1) is 10.1 Å². The van der Waals surface area contributed by atoms with Crippen molar-refractivity contribution in [3.05, 3.63) is 105 Å². The number of hydrazone groups is 1. The molecule has 0 spiro atoms. The van der Waals surface area contributed by atoms with Gasteiger partial charge in [-0.1, -0.05) is 41.9 Å². The van der Waals surface area contributed by atoms with E-state index in [1.165, 1.54) is 29.3 Å². The molecule has 32 heavy (non-hydrogen) atoms. The largest absolute Gasteiger partial charge is 0.488 e. The van der Waals surface area contributed by atoms with Crippen LogP contribution in [0.25, 0.3) is 6.08 Å². The Bertz CT molecular complexity index is 1230. The molecule has 0 unspecified atom stereocenters. The number of benzene rings is 3. The summed E-state index contributed by atoms with van der Waals surface area (Å²) >= 11 is 5.93. The van der Waals surface area contributed by atoms with Crippen molar-refractivity contribution in [3.8, 4) is 5.75 Å². The summed E-state index contributed by atoms with van der Waals surface area (Å²) in [5.41, 5.74) is 3.08. The van der Waals surface area contributed by atoms with Crippen LogP contribution in [0.2, 0.25) is 5.02 Å². The average Bonchev–Trinajstić information content (AvgIpc) is 3.08. The molecule has 3 aromatic rings. The van der Waals surface area contributed by atoms with Crippen LogP contribution in [-0.4, -0.2) is 16.5 Å². The van der Waals surface area contributed by atoms with Crippen molar-refractivity contribution in [1.29, 1.82) is 0 Å². The van der Waals surface area contributed by atoms with Gasteiger partial charge in [-0.2, -0.15) is 10.1 Å². The first-order valence-electron chi connectivity index (χ1n) is 9.75. The van der Waals surface area contributed by atoms with E-state index in [9.17, 15) is 14.9 Å². The topological polar surface area (TPSA) is 85.0 Å². The van der Waals surface area contributed by atoms with Crippen LogP contribution in [0.1, 0.15) is 18.1 Å². The summed E-state index contributed by atoms with van der Waals surface area (Å²) < 4.78 is 5.97. The van der Waals surface area contributed by atoms with Gasteiger partial charge in [0.15, 0.2) is 0 Å². The molecule has 4 rings (SSSR count). The number of anilines is 1. The molecule has 7 nitrogen and oxygen atoms in total. The summed E-state index contributed by atoms with van der Waals surface area (Å²) in [7, 11) is 0. The number of carbonyl (C=O) groups is 1. The molecular weight excluding hydrogens is 430 g/mol. The molecule has 0 N–H and O–H groups in total. The number of amides is 1. The van der Waals surface area contributed by atoms with E-state index in [1.54, 1.807) is 25.1 Å². The third kappa shape index (κ3) is 4.53. The second-order valence-corrected chi connectivity index (χ2v) is 7.52. The first-order valence-corrected chi connectivity index (χ1v) is 10.1. The Hall–Kier alpha value is -3.97. The maximum Gasteiger partial charge on any atom is 0.280 e. The zero-order valence-electron chi connectivity index (χ0n) is 17.1. The Balaban J connectivity index is 1.56. The van der Waals surface area contributed by atoms with E-state index in [0.29, 0.717) is 34.4 Å². The third-order valence-corrected chi connectivity index (χ3v) is 5.15. The molecule has 1 aliphatic rings. The Morgan fingerprint density at radius 2 is 1.75 bits per heavy atom. The highest BCUT2D eigenvalue weighted by atomic mass is 35.5. The van der Waals surface area contributed by atoms with Gasteiger partial charge in [0, 0.05) is 22.7 Å². The van der Waals surface area contributed by atoms with Gasteiger partial charge in [-0.15, -0.1) is 0 Å². The number of rotatable bonds is 6. The van der Waals surface area contributed by atoms with E-state index in [2.05, 4.69) is 5.10 Å². The molecule has 3 aromatic carbocycles. The van der Waals surface area contributed by atoms with E-state index in [-0.39, 0.29) is 11.6 Å². The molecule has 1 heterocycles. The Kier molecular flexibility index (Phi) is 6.00. The summed E-state index contributed by atoms with van der Waals surface area (Å²) in [5, 5.41) is 17.1. The normalized spacial score (nSPS) is 14.6. The molecule has 8 heteroatoms. The molecule has 160 valence electrons. The van der Waals surface area contributed by atoms with E-state index >= 15 is 0 Å². The van der Waals surface area contributed by atoms with Gasteiger partial charge >= 0.3 is 0 Å². The first-order chi connectivity index (χ1) is 15.4. The molecule has 0 aromatic heterocycles. The number of hydrogen-bond acceptors (Lipinski definition) is 5. The van der Waals surface area contributed by atoms with E-state index in [1.807, 2.05) is 36.4 Å². The molecule has 0 fully saturated rings. The molecule has 1 amide bonds. The smallest absolute Gasteiger partial charge is 0.280 e. The zero-order chi connectivity index (χ0) is 22.7. The molecule has 0 aliphatic carbocycles. The number of nitrogens with zero attached hydrogens (tertiary/aromatic N) is 3. The van der Waals surface area contributed by atoms with Gasteiger partial charge in [-0.25, -0.2) is 0 Å². The van der Waals surface area contributed by atoms with Crippen molar-refractivity contribution in [2.45, 2.75) is 13.5 Å². The maximum atomic E-state index is 13.0. The highest BCUT2D eigenvalue weighted by molar-refractivity contribution is 6.32. The molecule has 1 aliphatic heterocycles. The van der Waals surface area contributed by atoms with Crippen LogP contribution in [0.4, 0.5) is 11.4 Å². The Morgan fingerprint density at radius 1 is 1.06 bits per heavy atom. The molecule has 0 radical (unpaired) electrons. The van der Waals surface area contributed by atoms with Gasteiger partial charge in [0.25, 0.3) is 11.6 Å². The van der Waals surface area contributed by atoms with Gasteiger partial charge in [-0.3, -0.25) is 14.9 Å². The van der Waals surface area contributed by atoms with Crippen molar-refractivity contribution in [2.24, 2.45) is 5.10 Å². The summed E-state index contributed by atoms with van der Waals surface area (Å²) in [6, 6.07) is 20.5. The lowest BCUT2D eigenvalue weighted by atomic mass is 10.1. The summed E-state index contributed by atoms with van der Waals surface area (Å²) in [6.07, 6.45) is 1.74. The van der Waals surface area contributed by atoms with Crippen LogP contribution in [0.5, 0.6) is 5.75 Å². The minimum absolute atomic E-state index is 0.0522. The van der Waals surface area contributed by atoms with Crippen molar-refractivity contribution in [3.63, 3.8) is 0 Å². The van der Waals surface area contributed by atoms with E-state index < -0.39 is 4.92 Å². The molecule has 0 atom stereocenters.